The van der Waals surface area contributed by atoms with E-state index in [-0.39, 0.29) is 11.8 Å². The normalized spacial score (nSPS) is 16.7. The van der Waals surface area contributed by atoms with Gasteiger partial charge in [-0.3, -0.25) is 9.59 Å². The standard InChI is InChI=1S/C20H21BrN2O2/c1-2-14-5-7-15(8-6-14)20(25)23-13-3-4-18(23)19(24)22-17-11-9-16(21)10-12-17/h5-12,18H,2-4,13H2,1H3,(H,22,24)/t18-/m1/s1. The number of aryl methyl sites for hydroxylation is 1. The summed E-state index contributed by atoms with van der Waals surface area (Å²) in [4.78, 5) is 27.1. The van der Waals surface area contributed by atoms with Gasteiger partial charge in [0, 0.05) is 22.3 Å². The molecule has 2 aromatic rings. The third-order valence-corrected chi connectivity index (χ3v) is 5.07. The van der Waals surface area contributed by atoms with E-state index in [0.29, 0.717) is 18.5 Å². The summed E-state index contributed by atoms with van der Waals surface area (Å²) in [6, 6.07) is 14.7. The Labute approximate surface area is 156 Å². The van der Waals surface area contributed by atoms with E-state index in [9.17, 15) is 9.59 Å². The largest absolute Gasteiger partial charge is 0.327 e. The van der Waals surface area contributed by atoms with Crippen molar-refractivity contribution in [3.8, 4) is 0 Å². The van der Waals surface area contributed by atoms with Crippen molar-refractivity contribution in [1.82, 2.24) is 4.90 Å². The number of rotatable bonds is 4. The SMILES string of the molecule is CCc1ccc(C(=O)N2CCC[C@@H]2C(=O)Nc2ccc(Br)cc2)cc1. The van der Waals surface area contributed by atoms with Crippen LogP contribution >= 0.6 is 15.9 Å². The Morgan fingerprint density at radius 1 is 1.12 bits per heavy atom. The quantitative estimate of drug-likeness (QED) is 0.833. The van der Waals surface area contributed by atoms with Crippen LogP contribution in [0.15, 0.2) is 53.0 Å². The number of hydrogen-bond acceptors (Lipinski definition) is 2. The molecule has 1 heterocycles. The summed E-state index contributed by atoms with van der Waals surface area (Å²) in [5, 5.41) is 2.91. The first kappa shape index (κ1) is 17.7. The molecule has 4 nitrogen and oxygen atoms in total. The zero-order valence-corrected chi connectivity index (χ0v) is 15.8. The lowest BCUT2D eigenvalue weighted by molar-refractivity contribution is -0.119. The molecule has 130 valence electrons. The summed E-state index contributed by atoms with van der Waals surface area (Å²) < 4.78 is 0.957. The van der Waals surface area contributed by atoms with E-state index in [2.05, 4.69) is 28.2 Å². The predicted molar refractivity (Wildman–Crippen MR) is 103 cm³/mol. The summed E-state index contributed by atoms with van der Waals surface area (Å²) in [5.74, 6) is -0.200. The van der Waals surface area contributed by atoms with E-state index in [1.807, 2.05) is 48.5 Å². The van der Waals surface area contributed by atoms with Gasteiger partial charge in [0.15, 0.2) is 0 Å². The number of nitrogens with zero attached hydrogens (tertiary/aromatic N) is 1. The van der Waals surface area contributed by atoms with Crippen molar-refractivity contribution in [2.24, 2.45) is 0 Å². The maximum atomic E-state index is 12.8. The highest BCUT2D eigenvalue weighted by molar-refractivity contribution is 9.10. The van der Waals surface area contributed by atoms with Crippen molar-refractivity contribution in [3.05, 3.63) is 64.1 Å². The van der Waals surface area contributed by atoms with E-state index < -0.39 is 6.04 Å². The molecule has 1 aliphatic heterocycles. The van der Waals surface area contributed by atoms with Gasteiger partial charge in [0.2, 0.25) is 5.91 Å². The zero-order valence-electron chi connectivity index (χ0n) is 14.2. The zero-order chi connectivity index (χ0) is 17.8. The highest BCUT2D eigenvalue weighted by atomic mass is 79.9. The Kier molecular flexibility index (Phi) is 5.53. The number of benzene rings is 2. The second-order valence-corrected chi connectivity index (χ2v) is 7.12. The molecule has 5 heteroatoms. The van der Waals surface area contributed by atoms with Crippen LogP contribution in [0, 0.1) is 0 Å². The Balaban J connectivity index is 1.71. The summed E-state index contributed by atoms with van der Waals surface area (Å²) >= 11 is 3.38. The van der Waals surface area contributed by atoms with Crippen LogP contribution in [0.3, 0.4) is 0 Å². The molecular weight excluding hydrogens is 380 g/mol. The number of likely N-dealkylation sites (tertiary alicyclic amines) is 1. The van der Waals surface area contributed by atoms with Crippen molar-refractivity contribution in [3.63, 3.8) is 0 Å². The summed E-state index contributed by atoms with van der Waals surface area (Å²) in [6.45, 7) is 2.70. The second-order valence-electron chi connectivity index (χ2n) is 6.20. The Morgan fingerprint density at radius 2 is 1.80 bits per heavy atom. The monoisotopic (exact) mass is 400 g/mol. The highest BCUT2D eigenvalue weighted by Crippen LogP contribution is 2.22. The molecule has 0 bridgehead atoms. The van der Waals surface area contributed by atoms with Crippen LogP contribution in [-0.4, -0.2) is 29.3 Å². The van der Waals surface area contributed by atoms with E-state index >= 15 is 0 Å². The maximum Gasteiger partial charge on any atom is 0.254 e. The molecule has 1 atom stereocenters. The van der Waals surface area contributed by atoms with Crippen LogP contribution in [-0.2, 0) is 11.2 Å². The fourth-order valence-electron chi connectivity index (χ4n) is 3.09. The number of anilines is 1. The van der Waals surface area contributed by atoms with Gasteiger partial charge in [-0.1, -0.05) is 35.0 Å². The number of halogens is 1. The van der Waals surface area contributed by atoms with E-state index in [1.54, 1.807) is 4.90 Å². The molecule has 0 spiro atoms. The van der Waals surface area contributed by atoms with Gasteiger partial charge >= 0.3 is 0 Å². The predicted octanol–water partition coefficient (Wildman–Crippen LogP) is 4.25. The van der Waals surface area contributed by atoms with Crippen LogP contribution < -0.4 is 5.32 Å². The van der Waals surface area contributed by atoms with Crippen molar-refractivity contribution < 1.29 is 9.59 Å². The molecule has 2 amide bonds. The fraction of sp³-hybridized carbons (Fsp3) is 0.300. The van der Waals surface area contributed by atoms with Gasteiger partial charge in [0.25, 0.3) is 5.91 Å². The summed E-state index contributed by atoms with van der Waals surface area (Å²) in [7, 11) is 0. The van der Waals surface area contributed by atoms with Crippen LogP contribution in [0.2, 0.25) is 0 Å². The second kappa shape index (κ2) is 7.83. The summed E-state index contributed by atoms with van der Waals surface area (Å²) in [6.07, 6.45) is 2.48. The molecule has 0 radical (unpaired) electrons. The molecule has 3 rings (SSSR count). The van der Waals surface area contributed by atoms with Crippen molar-refractivity contribution in [2.75, 3.05) is 11.9 Å². The minimum absolute atomic E-state index is 0.0730. The molecule has 1 fully saturated rings. The van der Waals surface area contributed by atoms with Gasteiger partial charge in [0.1, 0.15) is 6.04 Å². The number of carbonyl (C=O) groups excluding carboxylic acids is 2. The topological polar surface area (TPSA) is 49.4 Å². The Bertz CT molecular complexity index is 756. The van der Waals surface area contributed by atoms with Crippen molar-refractivity contribution >= 4 is 33.4 Å². The highest BCUT2D eigenvalue weighted by Gasteiger charge is 2.34. The Morgan fingerprint density at radius 3 is 2.44 bits per heavy atom. The molecule has 1 aliphatic rings. The van der Waals surface area contributed by atoms with E-state index in [1.165, 1.54) is 5.56 Å². The van der Waals surface area contributed by atoms with Crippen LogP contribution in [0.25, 0.3) is 0 Å². The first-order valence-corrected chi connectivity index (χ1v) is 9.34. The summed E-state index contributed by atoms with van der Waals surface area (Å²) in [5.41, 5.74) is 2.57. The lowest BCUT2D eigenvalue weighted by Crippen LogP contribution is -2.43. The van der Waals surface area contributed by atoms with Crippen molar-refractivity contribution in [1.29, 1.82) is 0 Å². The van der Waals surface area contributed by atoms with Gasteiger partial charge < -0.3 is 10.2 Å². The van der Waals surface area contributed by atoms with Gasteiger partial charge in [-0.2, -0.15) is 0 Å². The van der Waals surface area contributed by atoms with Gasteiger partial charge in [-0.15, -0.1) is 0 Å². The minimum Gasteiger partial charge on any atom is -0.327 e. The molecule has 0 unspecified atom stereocenters. The van der Waals surface area contributed by atoms with Gasteiger partial charge in [-0.25, -0.2) is 0 Å². The molecule has 0 aromatic heterocycles. The first-order chi connectivity index (χ1) is 12.1. The average molecular weight is 401 g/mol. The molecular formula is C20H21BrN2O2. The fourth-order valence-corrected chi connectivity index (χ4v) is 3.35. The first-order valence-electron chi connectivity index (χ1n) is 8.55. The number of carbonyl (C=O) groups is 2. The maximum absolute atomic E-state index is 12.8. The smallest absolute Gasteiger partial charge is 0.254 e. The van der Waals surface area contributed by atoms with Crippen LogP contribution in [0.1, 0.15) is 35.7 Å². The molecule has 0 saturated carbocycles. The molecule has 1 N–H and O–H groups in total. The third kappa shape index (κ3) is 4.10. The molecule has 2 aromatic carbocycles. The molecule has 0 aliphatic carbocycles. The number of amides is 2. The Hall–Kier alpha value is -2.14. The number of nitrogens with one attached hydrogen (secondary N) is 1. The number of hydrogen-bond donors (Lipinski definition) is 1. The lowest BCUT2D eigenvalue weighted by Gasteiger charge is -2.24. The van der Waals surface area contributed by atoms with Gasteiger partial charge in [-0.05, 0) is 61.2 Å². The lowest BCUT2D eigenvalue weighted by atomic mass is 10.1. The molecule has 25 heavy (non-hydrogen) atoms. The third-order valence-electron chi connectivity index (χ3n) is 4.54. The molecule has 1 saturated heterocycles. The minimum atomic E-state index is -0.415. The van der Waals surface area contributed by atoms with Crippen LogP contribution in [0.4, 0.5) is 5.69 Å². The van der Waals surface area contributed by atoms with Crippen LogP contribution in [0.5, 0.6) is 0 Å². The average Bonchev–Trinajstić information content (AvgIpc) is 3.13. The van der Waals surface area contributed by atoms with Crippen molar-refractivity contribution in [2.45, 2.75) is 32.2 Å². The van der Waals surface area contributed by atoms with E-state index in [4.69, 9.17) is 0 Å². The van der Waals surface area contributed by atoms with E-state index in [0.717, 1.165) is 23.0 Å². The van der Waals surface area contributed by atoms with Gasteiger partial charge in [0.05, 0.1) is 0 Å².